The van der Waals surface area contributed by atoms with Crippen molar-refractivity contribution in [2.45, 2.75) is 83.4 Å². The smallest absolute Gasteiger partial charge is 0.130 e. The second-order valence-electron chi connectivity index (χ2n) is 12.2. The van der Waals surface area contributed by atoms with Crippen molar-refractivity contribution >= 4 is 0 Å². The molecule has 0 spiro atoms. The summed E-state index contributed by atoms with van der Waals surface area (Å²) >= 11 is 0. The monoisotopic (exact) mass is 471 g/mol. The topological polar surface area (TPSA) is 43.7 Å². The van der Waals surface area contributed by atoms with E-state index in [0.717, 1.165) is 41.6 Å². The molecule has 1 saturated heterocycles. The Bertz CT molecular complexity index is 1100. The molecule has 1 aliphatic heterocycles. The van der Waals surface area contributed by atoms with Gasteiger partial charge in [-0.3, -0.25) is 4.90 Å². The van der Waals surface area contributed by atoms with Crippen molar-refractivity contribution in [1.29, 1.82) is 0 Å². The minimum absolute atomic E-state index is 0.0261. The number of phenolic OH excluding ortho intramolecular Hbond substituents is 1. The summed E-state index contributed by atoms with van der Waals surface area (Å²) in [6.45, 7) is 14.6. The van der Waals surface area contributed by atoms with Gasteiger partial charge in [-0.1, -0.05) is 114 Å². The van der Waals surface area contributed by atoms with Crippen molar-refractivity contribution in [1.82, 2.24) is 4.90 Å². The Kier molecular flexibility index (Phi) is 6.87. The standard InChI is InChI=1S/C32H41NO2/c1-30(2,3)26-20-23(29(34)27(21-26)31(4,5)6)22-33-19-13-18-28(33)32(35,24-14-9-7-10-15-24)25-16-11-8-12-17-25/h7-12,14-17,20-21,28,34-35H,13,18-19,22H2,1-6H3/t28-/m0/s1. The van der Waals surface area contributed by atoms with Crippen LogP contribution in [0.2, 0.25) is 0 Å². The Hall–Kier alpha value is -2.62. The molecular formula is C32H41NO2. The molecule has 1 fully saturated rings. The maximum absolute atomic E-state index is 12.4. The third-order valence-electron chi connectivity index (χ3n) is 7.51. The fourth-order valence-electron chi connectivity index (χ4n) is 5.46. The quantitative estimate of drug-likeness (QED) is 0.426. The average molecular weight is 472 g/mol. The lowest BCUT2D eigenvalue weighted by Gasteiger charge is -2.40. The number of hydrogen-bond acceptors (Lipinski definition) is 3. The maximum Gasteiger partial charge on any atom is 0.130 e. The lowest BCUT2D eigenvalue weighted by Crippen LogP contribution is -2.48. The van der Waals surface area contributed by atoms with Crippen molar-refractivity contribution in [3.63, 3.8) is 0 Å². The van der Waals surface area contributed by atoms with Crippen molar-refractivity contribution < 1.29 is 10.2 Å². The Morgan fingerprint density at radius 1 is 0.771 bits per heavy atom. The number of aliphatic hydroxyl groups is 1. The molecule has 1 aliphatic rings. The van der Waals surface area contributed by atoms with Gasteiger partial charge < -0.3 is 10.2 Å². The van der Waals surface area contributed by atoms with E-state index in [1.807, 2.05) is 60.7 Å². The van der Waals surface area contributed by atoms with Crippen LogP contribution in [0, 0.1) is 0 Å². The Morgan fingerprint density at radius 3 is 1.80 bits per heavy atom. The Balaban J connectivity index is 1.79. The molecule has 0 saturated carbocycles. The number of phenols is 1. The number of nitrogens with zero attached hydrogens (tertiary/aromatic N) is 1. The molecule has 0 aliphatic carbocycles. The number of likely N-dealkylation sites (tertiary alicyclic amines) is 1. The van der Waals surface area contributed by atoms with Crippen LogP contribution in [0.5, 0.6) is 5.75 Å². The number of aromatic hydroxyl groups is 1. The van der Waals surface area contributed by atoms with E-state index in [4.69, 9.17) is 0 Å². The molecule has 0 unspecified atom stereocenters. The molecule has 35 heavy (non-hydrogen) atoms. The van der Waals surface area contributed by atoms with E-state index >= 15 is 0 Å². The Morgan fingerprint density at radius 2 is 1.31 bits per heavy atom. The minimum Gasteiger partial charge on any atom is -0.507 e. The van der Waals surface area contributed by atoms with E-state index in [2.05, 4.69) is 58.6 Å². The Labute approximate surface area is 211 Å². The molecule has 4 rings (SSSR count). The van der Waals surface area contributed by atoms with E-state index in [1.54, 1.807) is 0 Å². The van der Waals surface area contributed by atoms with Gasteiger partial charge in [0, 0.05) is 18.2 Å². The van der Waals surface area contributed by atoms with Crippen LogP contribution in [-0.2, 0) is 23.0 Å². The fraction of sp³-hybridized carbons (Fsp3) is 0.438. The van der Waals surface area contributed by atoms with Crippen LogP contribution in [0.3, 0.4) is 0 Å². The van der Waals surface area contributed by atoms with Crippen LogP contribution in [0.25, 0.3) is 0 Å². The first-order valence-corrected chi connectivity index (χ1v) is 12.9. The maximum atomic E-state index is 12.4. The highest BCUT2D eigenvalue weighted by molar-refractivity contribution is 5.49. The molecule has 0 bridgehead atoms. The van der Waals surface area contributed by atoms with Crippen LogP contribution in [-0.4, -0.2) is 27.7 Å². The van der Waals surface area contributed by atoms with Gasteiger partial charge in [-0.15, -0.1) is 0 Å². The van der Waals surface area contributed by atoms with Gasteiger partial charge in [0.25, 0.3) is 0 Å². The van der Waals surface area contributed by atoms with Crippen LogP contribution in [0.1, 0.15) is 82.2 Å². The van der Waals surface area contributed by atoms with E-state index in [0.29, 0.717) is 12.3 Å². The molecule has 3 nitrogen and oxygen atoms in total. The zero-order valence-electron chi connectivity index (χ0n) is 22.2. The lowest BCUT2D eigenvalue weighted by molar-refractivity contribution is -0.00675. The van der Waals surface area contributed by atoms with Gasteiger partial charge in [0.2, 0.25) is 0 Å². The van der Waals surface area contributed by atoms with Gasteiger partial charge in [0.15, 0.2) is 0 Å². The second kappa shape index (κ2) is 9.44. The van der Waals surface area contributed by atoms with Crippen LogP contribution in [0.4, 0.5) is 0 Å². The van der Waals surface area contributed by atoms with Gasteiger partial charge in [0.05, 0.1) is 0 Å². The van der Waals surface area contributed by atoms with Crippen molar-refractivity contribution in [3.05, 3.63) is 101 Å². The van der Waals surface area contributed by atoms with Crippen LogP contribution >= 0.6 is 0 Å². The lowest BCUT2D eigenvalue weighted by atomic mass is 9.78. The highest BCUT2D eigenvalue weighted by Crippen LogP contribution is 2.43. The van der Waals surface area contributed by atoms with Gasteiger partial charge in [0.1, 0.15) is 11.4 Å². The van der Waals surface area contributed by atoms with Crippen LogP contribution in [0.15, 0.2) is 72.8 Å². The summed E-state index contributed by atoms with van der Waals surface area (Å²) in [6.07, 6.45) is 1.91. The largest absolute Gasteiger partial charge is 0.507 e. The summed E-state index contributed by atoms with van der Waals surface area (Å²) in [5.41, 5.74) is 3.64. The molecule has 2 N–H and O–H groups in total. The molecule has 3 aromatic rings. The van der Waals surface area contributed by atoms with Crippen molar-refractivity contribution in [2.24, 2.45) is 0 Å². The molecule has 0 aromatic heterocycles. The first kappa shape index (κ1) is 25.5. The van der Waals surface area contributed by atoms with E-state index in [1.165, 1.54) is 5.56 Å². The molecule has 1 atom stereocenters. The highest BCUT2D eigenvalue weighted by Gasteiger charge is 2.45. The van der Waals surface area contributed by atoms with Gasteiger partial charge in [-0.2, -0.15) is 0 Å². The number of hydrogen-bond donors (Lipinski definition) is 2. The summed E-state index contributed by atoms with van der Waals surface area (Å²) < 4.78 is 0. The summed E-state index contributed by atoms with van der Waals surface area (Å²) in [4.78, 5) is 2.37. The SMILES string of the molecule is CC(C)(C)c1cc(CN2CCC[C@H]2C(O)(c2ccccc2)c2ccccc2)c(O)c(C(C)(C)C)c1. The highest BCUT2D eigenvalue weighted by atomic mass is 16.3. The van der Waals surface area contributed by atoms with Gasteiger partial charge in [-0.05, 0) is 52.5 Å². The van der Waals surface area contributed by atoms with Crippen LogP contribution < -0.4 is 0 Å². The zero-order valence-corrected chi connectivity index (χ0v) is 22.2. The van der Waals surface area contributed by atoms with E-state index in [9.17, 15) is 10.2 Å². The molecular weight excluding hydrogens is 430 g/mol. The molecule has 0 amide bonds. The molecule has 3 aromatic carbocycles. The molecule has 1 heterocycles. The number of benzene rings is 3. The predicted octanol–water partition coefficient (Wildman–Crippen LogP) is 6.89. The predicted molar refractivity (Wildman–Crippen MR) is 145 cm³/mol. The first-order chi connectivity index (χ1) is 16.4. The summed E-state index contributed by atoms with van der Waals surface area (Å²) in [6, 6.07) is 24.3. The third-order valence-corrected chi connectivity index (χ3v) is 7.51. The van der Waals surface area contributed by atoms with Gasteiger partial charge >= 0.3 is 0 Å². The summed E-state index contributed by atoms with van der Waals surface area (Å²) in [5, 5.41) is 23.8. The summed E-state index contributed by atoms with van der Waals surface area (Å²) in [5.74, 6) is 0.388. The average Bonchev–Trinajstić information content (AvgIpc) is 3.28. The fourth-order valence-corrected chi connectivity index (χ4v) is 5.46. The molecule has 3 heteroatoms. The summed E-state index contributed by atoms with van der Waals surface area (Å²) in [7, 11) is 0. The van der Waals surface area contributed by atoms with Crippen molar-refractivity contribution in [3.8, 4) is 5.75 Å². The molecule has 186 valence electrons. The number of rotatable bonds is 5. The zero-order chi connectivity index (χ0) is 25.4. The third kappa shape index (κ3) is 5.03. The van der Waals surface area contributed by atoms with E-state index in [-0.39, 0.29) is 16.9 Å². The van der Waals surface area contributed by atoms with Gasteiger partial charge in [-0.25, -0.2) is 0 Å². The second-order valence-corrected chi connectivity index (χ2v) is 12.2. The molecule has 0 radical (unpaired) electrons. The minimum atomic E-state index is -1.14. The van der Waals surface area contributed by atoms with E-state index < -0.39 is 5.60 Å². The first-order valence-electron chi connectivity index (χ1n) is 12.9. The van der Waals surface area contributed by atoms with Crippen molar-refractivity contribution in [2.75, 3.05) is 6.54 Å². The normalized spacial score (nSPS) is 17.6.